The molecule has 5 rings (SSSR count). The molecule has 0 bridgehead atoms. The molecule has 3 aromatic carbocycles. The van der Waals surface area contributed by atoms with Crippen molar-refractivity contribution in [1.82, 2.24) is 4.98 Å². The second-order valence-corrected chi connectivity index (χ2v) is 12.5. The van der Waals surface area contributed by atoms with Crippen LogP contribution in [0.5, 0.6) is 0 Å². The lowest BCUT2D eigenvalue weighted by Gasteiger charge is -2.12. The standard InChI is InChI=1S/C32H18Cl3F7N2O3/c33-21-5-4-17(44-30(47)28-27(31(28,34)35)14-1-7-23(37)20(9-14)32(40,41)42)11-18(21)25(46)10-15-2-6-22(36)19(29(15)39)12-24(45)16-3-8-26(38)43-13-16/h1-9,11,13,27-28H,10,12H2,(H,44,47)/t27-,28+/m0/s1. The van der Waals surface area contributed by atoms with Crippen LogP contribution in [0.15, 0.2) is 66.9 Å². The summed E-state index contributed by atoms with van der Waals surface area (Å²) in [5, 5.41) is 2.38. The summed E-state index contributed by atoms with van der Waals surface area (Å²) >= 11 is 18.7. The Morgan fingerprint density at radius 1 is 0.851 bits per heavy atom. The fraction of sp³-hybridized carbons (Fsp3) is 0.188. The molecule has 1 aliphatic rings. The number of aromatic nitrogens is 1. The van der Waals surface area contributed by atoms with Crippen molar-refractivity contribution in [2.75, 3.05) is 5.32 Å². The van der Waals surface area contributed by atoms with Gasteiger partial charge < -0.3 is 5.32 Å². The summed E-state index contributed by atoms with van der Waals surface area (Å²) in [5.74, 6) is -9.27. The maximum atomic E-state index is 15.3. The van der Waals surface area contributed by atoms with E-state index in [0.717, 1.165) is 42.6 Å². The van der Waals surface area contributed by atoms with E-state index in [2.05, 4.69) is 10.3 Å². The van der Waals surface area contributed by atoms with Gasteiger partial charge in [0.2, 0.25) is 11.9 Å². The molecule has 4 aromatic rings. The topological polar surface area (TPSA) is 76.1 Å². The molecule has 0 aliphatic heterocycles. The van der Waals surface area contributed by atoms with E-state index in [9.17, 15) is 40.7 Å². The van der Waals surface area contributed by atoms with Crippen LogP contribution in [-0.2, 0) is 23.8 Å². The lowest BCUT2D eigenvalue weighted by molar-refractivity contribution is -0.140. The molecule has 1 amide bonds. The molecule has 0 spiro atoms. The molecule has 5 nitrogen and oxygen atoms in total. The summed E-state index contributed by atoms with van der Waals surface area (Å²) in [5.41, 5.74) is -2.81. The van der Waals surface area contributed by atoms with Crippen LogP contribution in [-0.4, -0.2) is 26.8 Å². The fourth-order valence-corrected chi connectivity index (χ4v) is 6.13. The van der Waals surface area contributed by atoms with Gasteiger partial charge in [0.05, 0.1) is 16.5 Å². The van der Waals surface area contributed by atoms with Crippen LogP contribution in [0.4, 0.5) is 36.4 Å². The quantitative estimate of drug-likeness (QED) is 0.0814. The maximum absolute atomic E-state index is 15.3. The Kier molecular flexibility index (Phi) is 9.42. The van der Waals surface area contributed by atoms with E-state index in [-0.39, 0.29) is 33.0 Å². The Hall–Kier alpha value is -4.00. The van der Waals surface area contributed by atoms with E-state index in [0.29, 0.717) is 12.1 Å². The third kappa shape index (κ3) is 7.14. The first kappa shape index (κ1) is 34.3. The number of ketones is 2. The molecular weight excluding hydrogens is 700 g/mol. The highest BCUT2D eigenvalue weighted by Crippen LogP contribution is 2.65. The van der Waals surface area contributed by atoms with Crippen LogP contribution < -0.4 is 5.32 Å². The van der Waals surface area contributed by atoms with Crippen molar-refractivity contribution in [2.24, 2.45) is 5.92 Å². The van der Waals surface area contributed by atoms with E-state index in [1.54, 1.807) is 0 Å². The van der Waals surface area contributed by atoms with E-state index in [1.807, 2.05) is 0 Å². The number of carbonyl (C=O) groups is 3. The maximum Gasteiger partial charge on any atom is 0.419 e. The number of halogens is 10. The second kappa shape index (κ2) is 12.9. The SMILES string of the molecule is O=C(Cc1c(F)ccc(CC(=O)c2cc(NC(=O)[C@H]3[C@H](c4ccc(F)c(C(F)(F)F)c4)C3(Cl)Cl)ccc2Cl)c1F)c1ccc(F)nc1. The highest BCUT2D eigenvalue weighted by molar-refractivity contribution is 6.53. The van der Waals surface area contributed by atoms with E-state index in [4.69, 9.17) is 34.8 Å². The lowest BCUT2D eigenvalue weighted by Crippen LogP contribution is -2.18. The summed E-state index contributed by atoms with van der Waals surface area (Å²) in [6.45, 7) is 0. The van der Waals surface area contributed by atoms with Crippen molar-refractivity contribution in [1.29, 1.82) is 0 Å². The van der Waals surface area contributed by atoms with Gasteiger partial charge in [-0.15, -0.1) is 23.2 Å². The Labute approximate surface area is 276 Å². The van der Waals surface area contributed by atoms with Crippen LogP contribution in [0, 0.1) is 29.3 Å². The zero-order valence-corrected chi connectivity index (χ0v) is 25.6. The number of carbonyl (C=O) groups excluding carboxylic acids is 3. The molecule has 1 aliphatic carbocycles. The third-order valence-corrected chi connectivity index (χ3v) is 8.80. The van der Waals surface area contributed by atoms with Crippen molar-refractivity contribution in [3.05, 3.63) is 129 Å². The molecule has 15 heteroatoms. The molecule has 0 saturated heterocycles. The normalized spacial score (nSPS) is 16.9. The highest BCUT2D eigenvalue weighted by atomic mass is 35.5. The predicted octanol–water partition coefficient (Wildman–Crippen LogP) is 8.69. The molecular formula is C32H18Cl3F7N2O3. The third-order valence-electron chi connectivity index (χ3n) is 7.53. The molecule has 244 valence electrons. The zero-order valence-electron chi connectivity index (χ0n) is 23.4. The van der Waals surface area contributed by atoms with Gasteiger partial charge in [0.25, 0.3) is 0 Å². The van der Waals surface area contributed by atoms with Crippen LogP contribution >= 0.6 is 34.8 Å². The minimum Gasteiger partial charge on any atom is -0.326 e. The Balaban J connectivity index is 1.32. The minimum absolute atomic E-state index is 0.00592. The lowest BCUT2D eigenvalue weighted by atomic mass is 9.97. The molecule has 1 N–H and O–H groups in total. The first-order valence-corrected chi connectivity index (χ1v) is 14.6. The van der Waals surface area contributed by atoms with E-state index >= 15 is 4.39 Å². The average molecular weight is 718 g/mol. The Bertz CT molecular complexity index is 1920. The van der Waals surface area contributed by atoms with Crippen molar-refractivity contribution in [2.45, 2.75) is 29.3 Å². The number of hydrogen-bond donors (Lipinski definition) is 1. The molecule has 1 saturated carbocycles. The monoisotopic (exact) mass is 716 g/mol. The molecule has 0 unspecified atom stereocenters. The van der Waals surface area contributed by atoms with Gasteiger partial charge in [-0.25, -0.2) is 18.2 Å². The number of nitrogens with zero attached hydrogens (tertiary/aromatic N) is 1. The van der Waals surface area contributed by atoms with Gasteiger partial charge in [0, 0.05) is 47.3 Å². The number of pyridine rings is 1. The van der Waals surface area contributed by atoms with Crippen LogP contribution in [0.2, 0.25) is 5.02 Å². The number of nitrogens with one attached hydrogen (secondary N) is 1. The largest absolute Gasteiger partial charge is 0.419 e. The first-order valence-electron chi connectivity index (χ1n) is 13.5. The van der Waals surface area contributed by atoms with Crippen molar-refractivity contribution >= 4 is 58.0 Å². The van der Waals surface area contributed by atoms with Gasteiger partial charge in [-0.05, 0) is 59.7 Å². The van der Waals surface area contributed by atoms with Gasteiger partial charge in [-0.2, -0.15) is 17.6 Å². The smallest absolute Gasteiger partial charge is 0.326 e. The van der Waals surface area contributed by atoms with Gasteiger partial charge >= 0.3 is 6.18 Å². The highest BCUT2D eigenvalue weighted by Gasteiger charge is 2.67. The Morgan fingerprint density at radius 3 is 2.21 bits per heavy atom. The number of hydrogen-bond acceptors (Lipinski definition) is 4. The number of amides is 1. The van der Waals surface area contributed by atoms with Gasteiger partial charge in [0.1, 0.15) is 21.8 Å². The predicted molar refractivity (Wildman–Crippen MR) is 159 cm³/mol. The van der Waals surface area contributed by atoms with Crippen molar-refractivity contribution in [3.8, 4) is 0 Å². The van der Waals surface area contributed by atoms with Crippen LogP contribution in [0.1, 0.15) is 48.9 Å². The van der Waals surface area contributed by atoms with E-state index < -0.39 is 87.2 Å². The minimum atomic E-state index is -5.00. The summed E-state index contributed by atoms with van der Waals surface area (Å²) in [7, 11) is 0. The number of Topliss-reactive ketones (excluding diaryl/α,β-unsaturated/α-hetero) is 2. The molecule has 0 radical (unpaired) electrons. The summed E-state index contributed by atoms with van der Waals surface area (Å²) in [6, 6.07) is 9.81. The van der Waals surface area contributed by atoms with E-state index in [1.165, 1.54) is 12.1 Å². The van der Waals surface area contributed by atoms with Gasteiger partial charge in [-0.3, -0.25) is 14.4 Å². The van der Waals surface area contributed by atoms with Crippen molar-refractivity contribution in [3.63, 3.8) is 0 Å². The molecule has 1 aromatic heterocycles. The number of rotatable bonds is 9. The average Bonchev–Trinajstić information content (AvgIpc) is 3.59. The summed E-state index contributed by atoms with van der Waals surface area (Å²) < 4.78 is 94.5. The first-order chi connectivity index (χ1) is 22.0. The fourth-order valence-electron chi connectivity index (χ4n) is 5.07. The number of benzene rings is 3. The van der Waals surface area contributed by atoms with Gasteiger partial charge in [-0.1, -0.05) is 23.7 Å². The van der Waals surface area contributed by atoms with Crippen LogP contribution in [0.25, 0.3) is 0 Å². The zero-order chi connectivity index (χ0) is 34.4. The van der Waals surface area contributed by atoms with Crippen molar-refractivity contribution < 1.29 is 45.1 Å². The molecule has 1 fully saturated rings. The Morgan fingerprint density at radius 2 is 1.55 bits per heavy atom. The van der Waals surface area contributed by atoms with Gasteiger partial charge in [0.15, 0.2) is 11.6 Å². The summed E-state index contributed by atoms with van der Waals surface area (Å²) in [4.78, 5) is 42.1. The second-order valence-electron chi connectivity index (χ2n) is 10.6. The molecule has 1 heterocycles. The molecule has 2 atom stereocenters. The summed E-state index contributed by atoms with van der Waals surface area (Å²) in [6.07, 6.45) is -5.45. The molecule has 47 heavy (non-hydrogen) atoms. The van der Waals surface area contributed by atoms with Crippen LogP contribution in [0.3, 0.4) is 0 Å². The number of alkyl halides is 5. The number of anilines is 1.